The van der Waals surface area contributed by atoms with Gasteiger partial charge in [0, 0.05) is 10.6 Å². The minimum Gasteiger partial charge on any atom is -0.490 e. The smallest absolute Gasteiger partial charge is 0.338 e. The number of fused-ring (bicyclic) bond motifs is 1. The van der Waals surface area contributed by atoms with E-state index in [0.717, 1.165) is 22.3 Å². The summed E-state index contributed by atoms with van der Waals surface area (Å²) in [6.45, 7) is 10.4. The third kappa shape index (κ3) is 6.56. The third-order valence-electron chi connectivity index (χ3n) is 7.04. The highest BCUT2D eigenvalue weighted by Crippen LogP contribution is 2.35. The van der Waals surface area contributed by atoms with E-state index in [1.165, 1.54) is 11.3 Å². The van der Waals surface area contributed by atoms with Crippen LogP contribution in [0.4, 0.5) is 0 Å². The summed E-state index contributed by atoms with van der Waals surface area (Å²) in [5, 5.41) is 0.660. The normalized spacial score (nSPS) is 14.5. The van der Waals surface area contributed by atoms with Crippen LogP contribution in [0.2, 0.25) is 5.02 Å². The van der Waals surface area contributed by atoms with Crippen LogP contribution < -0.4 is 24.4 Å². The van der Waals surface area contributed by atoms with Gasteiger partial charge in [0.15, 0.2) is 16.3 Å². The molecule has 0 amide bonds. The number of esters is 1. The fourth-order valence-corrected chi connectivity index (χ4v) is 6.30. The van der Waals surface area contributed by atoms with Crippen LogP contribution in [-0.2, 0) is 22.6 Å². The number of hydrogen-bond acceptors (Lipinski definition) is 7. The summed E-state index contributed by atoms with van der Waals surface area (Å²) >= 11 is 7.32. The number of thiazole rings is 1. The summed E-state index contributed by atoms with van der Waals surface area (Å²) in [4.78, 5) is 32.3. The van der Waals surface area contributed by atoms with Crippen molar-refractivity contribution in [2.24, 2.45) is 4.99 Å². The first-order valence-electron chi connectivity index (χ1n) is 14.4. The summed E-state index contributed by atoms with van der Waals surface area (Å²) in [5.74, 6) is 0.711. The highest BCUT2D eigenvalue weighted by atomic mass is 35.5. The van der Waals surface area contributed by atoms with Crippen molar-refractivity contribution in [3.05, 3.63) is 138 Å². The van der Waals surface area contributed by atoms with Crippen LogP contribution in [0.25, 0.3) is 6.08 Å². The molecule has 1 aliphatic heterocycles. The molecule has 9 heteroatoms. The SMILES string of the molecule is C=CCc1cc(/C=c2/sc3n(c2=O)[C@@H](c2ccccc2)C(C(=O)OCC)=C(C)N=3)cc(OCC)c1OCc1ccc(Cl)cc1. The summed E-state index contributed by atoms with van der Waals surface area (Å²) in [6, 6.07) is 20.1. The fraction of sp³-hybridized carbons (Fsp3) is 0.229. The van der Waals surface area contributed by atoms with Gasteiger partial charge in [-0.15, -0.1) is 6.58 Å². The first kappa shape index (κ1) is 31.0. The molecule has 3 aromatic carbocycles. The summed E-state index contributed by atoms with van der Waals surface area (Å²) in [5.41, 5.74) is 4.05. The first-order valence-corrected chi connectivity index (χ1v) is 15.6. The highest BCUT2D eigenvalue weighted by molar-refractivity contribution is 7.07. The van der Waals surface area contributed by atoms with Gasteiger partial charge < -0.3 is 14.2 Å². The fourth-order valence-electron chi connectivity index (χ4n) is 5.13. The Kier molecular flexibility index (Phi) is 9.82. The zero-order valence-corrected chi connectivity index (χ0v) is 26.4. The van der Waals surface area contributed by atoms with Crippen LogP contribution in [0.5, 0.6) is 11.5 Å². The second-order valence-electron chi connectivity index (χ2n) is 10.1. The molecule has 1 atom stereocenters. The molecule has 0 saturated carbocycles. The van der Waals surface area contributed by atoms with Gasteiger partial charge in [-0.3, -0.25) is 9.36 Å². The van der Waals surface area contributed by atoms with Crippen molar-refractivity contribution in [2.75, 3.05) is 13.2 Å². The molecule has 5 rings (SSSR count). The molecule has 7 nitrogen and oxygen atoms in total. The topological polar surface area (TPSA) is 79.1 Å². The molecule has 1 aliphatic rings. The molecule has 0 spiro atoms. The van der Waals surface area contributed by atoms with Gasteiger partial charge in [-0.1, -0.05) is 71.5 Å². The lowest BCUT2D eigenvalue weighted by Gasteiger charge is -2.24. The van der Waals surface area contributed by atoms with Crippen LogP contribution in [0.1, 0.15) is 49.1 Å². The van der Waals surface area contributed by atoms with Crippen molar-refractivity contribution in [3.8, 4) is 11.5 Å². The van der Waals surface area contributed by atoms with Gasteiger partial charge in [-0.2, -0.15) is 0 Å². The molecule has 44 heavy (non-hydrogen) atoms. The van der Waals surface area contributed by atoms with Crippen LogP contribution in [0.3, 0.4) is 0 Å². The van der Waals surface area contributed by atoms with Gasteiger partial charge in [0.05, 0.1) is 35.1 Å². The van der Waals surface area contributed by atoms with Crippen molar-refractivity contribution in [2.45, 2.75) is 39.8 Å². The van der Waals surface area contributed by atoms with E-state index in [9.17, 15) is 9.59 Å². The Morgan fingerprint density at radius 3 is 2.50 bits per heavy atom. The lowest BCUT2D eigenvalue weighted by Crippen LogP contribution is -2.39. The number of rotatable bonds is 11. The molecule has 1 aromatic heterocycles. The highest BCUT2D eigenvalue weighted by Gasteiger charge is 2.33. The number of nitrogens with zero attached hydrogens (tertiary/aromatic N) is 2. The summed E-state index contributed by atoms with van der Waals surface area (Å²) in [6.07, 6.45) is 4.17. The molecule has 0 saturated heterocycles. The summed E-state index contributed by atoms with van der Waals surface area (Å²) in [7, 11) is 0. The first-order chi connectivity index (χ1) is 21.3. The van der Waals surface area contributed by atoms with Crippen LogP contribution in [0.15, 0.2) is 100 Å². The van der Waals surface area contributed by atoms with E-state index in [1.807, 2.05) is 79.7 Å². The quantitative estimate of drug-likeness (QED) is 0.147. The standard InChI is InChI=1S/C35H33ClN2O5S/c1-5-11-26-18-24(19-28(41-6-2)32(26)43-21-23-14-16-27(36)17-15-23)20-29-33(39)38-31(25-12-9-8-10-13-25)30(34(40)42-7-3)22(4)37-35(38)44-29/h5,8-10,12-20,31H,1,6-7,11,21H2,2-4H3/b29-20+/t31-/m0/s1. The van der Waals surface area contributed by atoms with Crippen LogP contribution >= 0.6 is 22.9 Å². The van der Waals surface area contributed by atoms with Gasteiger partial charge in [0.1, 0.15) is 6.61 Å². The molecule has 0 aliphatic carbocycles. The van der Waals surface area contributed by atoms with Gasteiger partial charge in [0.25, 0.3) is 5.56 Å². The lowest BCUT2D eigenvalue weighted by molar-refractivity contribution is -0.139. The van der Waals surface area contributed by atoms with Gasteiger partial charge in [-0.05, 0) is 74.2 Å². The minimum atomic E-state index is -0.660. The third-order valence-corrected chi connectivity index (χ3v) is 8.28. The van der Waals surface area contributed by atoms with E-state index in [4.69, 9.17) is 25.8 Å². The Labute approximate surface area is 265 Å². The minimum absolute atomic E-state index is 0.218. The Morgan fingerprint density at radius 2 is 1.82 bits per heavy atom. The van der Waals surface area contributed by atoms with Gasteiger partial charge in [0.2, 0.25) is 0 Å². The predicted octanol–water partition coefficient (Wildman–Crippen LogP) is 6.16. The molecule has 0 fully saturated rings. The number of aromatic nitrogens is 1. The second kappa shape index (κ2) is 13.9. The van der Waals surface area contributed by atoms with E-state index in [0.29, 0.717) is 56.8 Å². The molecule has 0 N–H and O–H groups in total. The van der Waals surface area contributed by atoms with E-state index in [-0.39, 0.29) is 12.2 Å². The molecule has 0 radical (unpaired) electrons. The molecular weight excluding hydrogens is 596 g/mol. The number of carbonyl (C=O) groups excluding carboxylic acids is 1. The molecule has 0 unspecified atom stereocenters. The molecular formula is C35H33ClN2O5S. The zero-order valence-electron chi connectivity index (χ0n) is 24.8. The zero-order chi connectivity index (χ0) is 31.2. The Morgan fingerprint density at radius 1 is 1.07 bits per heavy atom. The van der Waals surface area contributed by atoms with E-state index in [2.05, 4.69) is 11.6 Å². The molecule has 0 bridgehead atoms. The van der Waals surface area contributed by atoms with Crippen LogP contribution in [0, 0.1) is 0 Å². The molecule has 2 heterocycles. The number of ether oxygens (including phenoxy) is 3. The van der Waals surface area contributed by atoms with Crippen LogP contribution in [-0.4, -0.2) is 23.8 Å². The number of hydrogen-bond donors (Lipinski definition) is 0. The second-order valence-corrected chi connectivity index (χ2v) is 11.5. The van der Waals surface area contributed by atoms with Crippen molar-refractivity contribution >= 4 is 35.0 Å². The number of benzene rings is 3. The van der Waals surface area contributed by atoms with Gasteiger partial charge >= 0.3 is 5.97 Å². The summed E-state index contributed by atoms with van der Waals surface area (Å²) < 4.78 is 19.7. The van der Waals surface area contributed by atoms with Gasteiger partial charge in [-0.25, -0.2) is 9.79 Å². The maximum atomic E-state index is 14.0. The van der Waals surface area contributed by atoms with Crippen molar-refractivity contribution in [1.82, 2.24) is 4.57 Å². The van der Waals surface area contributed by atoms with E-state index in [1.54, 1.807) is 24.5 Å². The molecule has 226 valence electrons. The monoisotopic (exact) mass is 628 g/mol. The van der Waals surface area contributed by atoms with E-state index < -0.39 is 12.0 Å². The number of carbonyl (C=O) groups is 1. The maximum absolute atomic E-state index is 14.0. The largest absolute Gasteiger partial charge is 0.490 e. The average Bonchev–Trinajstić information content (AvgIpc) is 3.31. The Hall–Kier alpha value is -4.40. The van der Waals surface area contributed by atoms with Crippen molar-refractivity contribution in [3.63, 3.8) is 0 Å². The molecule has 4 aromatic rings. The Bertz CT molecular complexity index is 1890. The predicted molar refractivity (Wildman–Crippen MR) is 174 cm³/mol. The average molecular weight is 629 g/mol. The number of allylic oxidation sites excluding steroid dienone is 2. The lowest BCUT2D eigenvalue weighted by atomic mass is 9.96. The van der Waals surface area contributed by atoms with Crippen molar-refractivity contribution < 1.29 is 19.0 Å². The van der Waals surface area contributed by atoms with E-state index >= 15 is 0 Å². The maximum Gasteiger partial charge on any atom is 0.338 e. The van der Waals surface area contributed by atoms with Crippen molar-refractivity contribution in [1.29, 1.82) is 0 Å². The Balaban J connectivity index is 1.61. The number of halogens is 1.